The van der Waals surface area contributed by atoms with E-state index in [2.05, 4.69) is 19.5 Å². The number of aromatic nitrogens is 2. The first-order valence-corrected chi connectivity index (χ1v) is 13.8. The van der Waals surface area contributed by atoms with Crippen LogP contribution in [-0.2, 0) is 14.5 Å². The predicted molar refractivity (Wildman–Crippen MR) is 137 cm³/mol. The molecule has 1 aliphatic rings. The number of ether oxygens (including phenoxy) is 1. The molecule has 4 rings (SSSR count). The van der Waals surface area contributed by atoms with Crippen LogP contribution in [-0.4, -0.2) is 60.2 Å². The number of methoxy groups -OCH3 is 1. The normalized spacial score (nSPS) is 20.5. The van der Waals surface area contributed by atoms with Gasteiger partial charge < -0.3 is 20.3 Å². The molecule has 2 heterocycles. The number of rotatable bonds is 10. The minimum absolute atomic E-state index is 0.178. The van der Waals surface area contributed by atoms with Crippen molar-refractivity contribution in [1.82, 2.24) is 9.97 Å². The average molecular weight is 569 g/mol. The van der Waals surface area contributed by atoms with Gasteiger partial charge >= 0.3 is 10.3 Å². The number of hydrogen-bond donors (Lipinski definition) is 4. The lowest BCUT2D eigenvalue weighted by atomic mass is 10.0. The Kier molecular flexibility index (Phi) is 8.43. The molecule has 1 aromatic carbocycles. The van der Waals surface area contributed by atoms with E-state index in [1.165, 1.54) is 25.7 Å². The zero-order valence-electron chi connectivity index (χ0n) is 19.6. The monoisotopic (exact) mass is 568 g/mol. The Morgan fingerprint density at radius 3 is 2.81 bits per heavy atom. The van der Waals surface area contributed by atoms with E-state index < -0.39 is 34.2 Å². The van der Waals surface area contributed by atoms with Gasteiger partial charge in [-0.2, -0.15) is 8.42 Å². The largest absolute Gasteiger partial charge is 0.496 e. The standard InChI is InChI=1S/C23H25ClN4O7S2/c1-34-18-5-3-2-4-14(18)20(30)15-8-19(36-22(15)24)21(31)16-9-26-11-27-23(16)28-13-6-12(17(29)7-13)10-35-37(25,32)33/h2-5,8-9,11-13,17,20,29-30H,6-7,10H2,1H3,(H2,25,32,33)(H,26,27,28)/t12-,13-,17+,20+/m1/s1. The molecule has 5 N–H and O–H groups in total. The Balaban J connectivity index is 1.52. The van der Waals surface area contributed by atoms with Crippen molar-refractivity contribution in [3.05, 3.63) is 68.8 Å². The molecule has 37 heavy (non-hydrogen) atoms. The van der Waals surface area contributed by atoms with Gasteiger partial charge in [0.1, 0.15) is 24.0 Å². The zero-order chi connectivity index (χ0) is 26.7. The molecule has 0 bridgehead atoms. The van der Waals surface area contributed by atoms with Gasteiger partial charge in [0.25, 0.3) is 0 Å². The highest BCUT2D eigenvalue weighted by molar-refractivity contribution is 7.84. The molecule has 0 amide bonds. The second kappa shape index (κ2) is 11.4. The molecule has 1 aliphatic carbocycles. The van der Waals surface area contributed by atoms with E-state index in [1.54, 1.807) is 24.3 Å². The first kappa shape index (κ1) is 27.4. The highest BCUT2D eigenvalue weighted by Crippen LogP contribution is 2.39. The highest BCUT2D eigenvalue weighted by atomic mass is 35.5. The lowest BCUT2D eigenvalue weighted by Crippen LogP contribution is -2.24. The molecule has 2 aromatic heterocycles. The van der Waals surface area contributed by atoms with Gasteiger partial charge in [-0.1, -0.05) is 29.8 Å². The van der Waals surface area contributed by atoms with Gasteiger partial charge in [-0.25, -0.2) is 15.1 Å². The summed E-state index contributed by atoms with van der Waals surface area (Å²) in [4.78, 5) is 21.8. The molecule has 3 aromatic rings. The number of benzene rings is 1. The van der Waals surface area contributed by atoms with Gasteiger partial charge in [0.15, 0.2) is 0 Å². The fraction of sp³-hybridized carbons (Fsp3) is 0.348. The van der Waals surface area contributed by atoms with Crippen LogP contribution in [0.5, 0.6) is 5.75 Å². The summed E-state index contributed by atoms with van der Waals surface area (Å²) in [6, 6.07) is 8.20. The smallest absolute Gasteiger partial charge is 0.333 e. The maximum atomic E-state index is 13.4. The third-order valence-corrected chi connectivity index (χ3v) is 7.92. The molecule has 0 aliphatic heterocycles. The van der Waals surface area contributed by atoms with E-state index in [1.807, 2.05) is 0 Å². The van der Waals surface area contributed by atoms with Crippen molar-refractivity contribution >= 4 is 44.8 Å². The topological polar surface area (TPSA) is 174 Å². The van der Waals surface area contributed by atoms with Crippen LogP contribution in [0.1, 0.15) is 45.3 Å². The highest BCUT2D eigenvalue weighted by Gasteiger charge is 2.35. The molecular weight excluding hydrogens is 544 g/mol. The summed E-state index contributed by atoms with van der Waals surface area (Å²) < 4.78 is 32.4. The maximum absolute atomic E-state index is 13.4. The summed E-state index contributed by atoms with van der Waals surface area (Å²) in [6.07, 6.45) is 1.38. The Morgan fingerprint density at radius 2 is 2.08 bits per heavy atom. The number of aliphatic hydroxyl groups excluding tert-OH is 2. The number of halogens is 1. The molecule has 1 saturated carbocycles. The molecule has 14 heteroatoms. The number of thiophene rings is 1. The number of anilines is 1. The van der Waals surface area contributed by atoms with E-state index in [0.29, 0.717) is 23.3 Å². The summed E-state index contributed by atoms with van der Waals surface area (Å²) in [5, 5.41) is 29.3. The summed E-state index contributed by atoms with van der Waals surface area (Å²) in [7, 11) is -2.62. The van der Waals surface area contributed by atoms with Gasteiger partial charge in [-0.15, -0.1) is 11.3 Å². The number of carbonyl (C=O) groups is 1. The number of nitrogens with two attached hydrogens (primary N) is 1. The van der Waals surface area contributed by atoms with Crippen LogP contribution in [0.4, 0.5) is 5.82 Å². The lowest BCUT2D eigenvalue weighted by molar-refractivity contribution is 0.101. The van der Waals surface area contributed by atoms with Crippen LogP contribution in [0.15, 0.2) is 42.9 Å². The Morgan fingerprint density at radius 1 is 1.32 bits per heavy atom. The van der Waals surface area contributed by atoms with Gasteiger partial charge in [-0.3, -0.25) is 8.98 Å². The van der Waals surface area contributed by atoms with E-state index in [9.17, 15) is 23.4 Å². The lowest BCUT2D eigenvalue weighted by Gasteiger charge is -2.15. The van der Waals surface area contributed by atoms with Gasteiger partial charge in [0.05, 0.1) is 34.6 Å². The number of nitrogens with zero attached hydrogens (tertiary/aromatic N) is 2. The van der Waals surface area contributed by atoms with Gasteiger partial charge in [-0.05, 0) is 25.0 Å². The van der Waals surface area contributed by atoms with Crippen LogP contribution in [0, 0.1) is 5.92 Å². The molecule has 0 saturated heterocycles. The fourth-order valence-electron chi connectivity index (χ4n) is 4.26. The van der Waals surface area contributed by atoms with E-state index in [4.69, 9.17) is 21.5 Å². The molecule has 1 fully saturated rings. The van der Waals surface area contributed by atoms with Crippen LogP contribution in [0.25, 0.3) is 0 Å². The SMILES string of the molecule is COc1ccccc1[C@H](O)c1cc(C(=O)c2cncnc2N[C@@H]2C[C@H](COS(N)(=O)=O)[C@@H](O)C2)sc1Cl. The average Bonchev–Trinajstić information content (AvgIpc) is 3.43. The van der Waals surface area contributed by atoms with Crippen LogP contribution in [0.3, 0.4) is 0 Å². The molecule has 198 valence electrons. The van der Waals surface area contributed by atoms with E-state index >= 15 is 0 Å². The molecule has 4 atom stereocenters. The van der Waals surface area contributed by atoms with Crippen molar-refractivity contribution in [2.45, 2.75) is 31.1 Å². The number of para-hydroxylation sites is 1. The van der Waals surface area contributed by atoms with E-state index in [0.717, 1.165) is 11.3 Å². The van der Waals surface area contributed by atoms with Gasteiger partial charge in [0.2, 0.25) is 5.78 Å². The number of nitrogens with one attached hydrogen (secondary N) is 1. The summed E-state index contributed by atoms with van der Waals surface area (Å²) in [5.41, 5.74) is 1.05. The van der Waals surface area contributed by atoms with Gasteiger partial charge in [0, 0.05) is 29.3 Å². The fourth-order valence-corrected chi connectivity index (χ4v) is 5.90. The number of carbonyl (C=O) groups excluding carboxylic acids is 1. The van der Waals surface area contributed by atoms with Crippen molar-refractivity contribution in [3.63, 3.8) is 0 Å². The third-order valence-electron chi connectivity index (χ3n) is 6.07. The first-order valence-electron chi connectivity index (χ1n) is 11.1. The van der Waals surface area contributed by atoms with E-state index in [-0.39, 0.29) is 39.7 Å². The summed E-state index contributed by atoms with van der Waals surface area (Å²) >= 11 is 7.44. The van der Waals surface area contributed by atoms with Crippen molar-refractivity contribution in [3.8, 4) is 5.75 Å². The Hall–Kier alpha value is -2.65. The van der Waals surface area contributed by atoms with Crippen LogP contribution >= 0.6 is 22.9 Å². The minimum atomic E-state index is -4.12. The van der Waals surface area contributed by atoms with Crippen molar-refractivity contribution in [2.24, 2.45) is 11.1 Å². The van der Waals surface area contributed by atoms with Crippen molar-refractivity contribution < 1.29 is 32.3 Å². The Labute approximate surface area is 222 Å². The third kappa shape index (κ3) is 6.44. The molecule has 0 unspecified atom stereocenters. The zero-order valence-corrected chi connectivity index (χ0v) is 22.0. The Bertz CT molecular complexity index is 1380. The van der Waals surface area contributed by atoms with Crippen LogP contribution in [0.2, 0.25) is 4.34 Å². The molecule has 0 radical (unpaired) electrons. The number of aliphatic hydroxyl groups is 2. The maximum Gasteiger partial charge on any atom is 0.333 e. The molecule has 0 spiro atoms. The second-order valence-electron chi connectivity index (χ2n) is 8.52. The molecular formula is C23H25ClN4O7S2. The quantitative estimate of drug-likeness (QED) is 0.266. The van der Waals surface area contributed by atoms with Crippen molar-refractivity contribution in [2.75, 3.05) is 19.0 Å². The van der Waals surface area contributed by atoms with Crippen molar-refractivity contribution in [1.29, 1.82) is 0 Å². The summed E-state index contributed by atoms with van der Waals surface area (Å²) in [6.45, 7) is -0.251. The molecule has 11 nitrogen and oxygen atoms in total. The predicted octanol–water partition coefficient (Wildman–Crippen LogP) is 2.28. The first-order chi connectivity index (χ1) is 17.6. The number of hydrogen-bond acceptors (Lipinski definition) is 11. The minimum Gasteiger partial charge on any atom is -0.496 e. The second-order valence-corrected chi connectivity index (χ2v) is 11.4. The van der Waals surface area contributed by atoms with Crippen LogP contribution < -0.4 is 15.2 Å². The number of ketones is 1. The summed E-state index contributed by atoms with van der Waals surface area (Å²) in [5.74, 6) is -0.130.